The molecule has 0 saturated heterocycles. The molecule has 0 heterocycles. The van der Waals surface area contributed by atoms with Crippen molar-refractivity contribution in [1.29, 1.82) is 0 Å². The van der Waals surface area contributed by atoms with E-state index in [0.717, 1.165) is 5.56 Å². The van der Waals surface area contributed by atoms with E-state index in [-0.39, 0.29) is 5.75 Å². The van der Waals surface area contributed by atoms with Crippen molar-refractivity contribution in [2.45, 2.75) is 12.6 Å². The molecule has 4 nitrogen and oxygen atoms in total. The molecule has 0 radical (unpaired) electrons. The number of thiol groups is 1. The topological polar surface area (TPSA) is 49.8 Å². The molecule has 1 aromatic carbocycles. The zero-order valence-corrected chi connectivity index (χ0v) is 9.93. The SMILES string of the molecule is CON(Cc1ccccc1)[C@H](CS)C(=O)O. The zero-order valence-electron chi connectivity index (χ0n) is 9.04. The predicted octanol–water partition coefficient (Wildman–Crippen LogP) is 1.43. The molecule has 0 aliphatic carbocycles. The monoisotopic (exact) mass is 241 g/mol. The van der Waals surface area contributed by atoms with Crippen LogP contribution in [0.2, 0.25) is 0 Å². The van der Waals surface area contributed by atoms with Crippen LogP contribution in [0.4, 0.5) is 0 Å². The fourth-order valence-electron chi connectivity index (χ4n) is 1.36. The Kier molecular flexibility index (Phi) is 5.31. The molecule has 1 atom stereocenters. The number of nitrogens with zero attached hydrogens (tertiary/aromatic N) is 1. The maximum atomic E-state index is 11.0. The number of hydrogen-bond acceptors (Lipinski definition) is 4. The highest BCUT2D eigenvalue weighted by molar-refractivity contribution is 7.80. The van der Waals surface area contributed by atoms with Gasteiger partial charge in [-0.15, -0.1) is 0 Å². The van der Waals surface area contributed by atoms with E-state index in [1.54, 1.807) is 0 Å². The average Bonchev–Trinajstić information content (AvgIpc) is 2.29. The molecule has 5 heteroatoms. The van der Waals surface area contributed by atoms with Crippen LogP contribution in [0.1, 0.15) is 5.56 Å². The van der Waals surface area contributed by atoms with Gasteiger partial charge in [0.05, 0.1) is 13.7 Å². The Morgan fingerprint density at radius 2 is 2.12 bits per heavy atom. The van der Waals surface area contributed by atoms with Crippen LogP contribution < -0.4 is 0 Å². The molecular weight excluding hydrogens is 226 g/mol. The quantitative estimate of drug-likeness (QED) is 0.584. The van der Waals surface area contributed by atoms with E-state index in [2.05, 4.69) is 12.6 Å². The van der Waals surface area contributed by atoms with Crippen molar-refractivity contribution in [3.05, 3.63) is 35.9 Å². The lowest BCUT2D eigenvalue weighted by Crippen LogP contribution is -2.41. The lowest BCUT2D eigenvalue weighted by atomic mass is 10.2. The van der Waals surface area contributed by atoms with E-state index in [0.29, 0.717) is 6.54 Å². The highest BCUT2D eigenvalue weighted by Gasteiger charge is 2.24. The first-order valence-corrected chi connectivity index (χ1v) is 5.50. The van der Waals surface area contributed by atoms with Crippen LogP contribution in [0.15, 0.2) is 30.3 Å². The fraction of sp³-hybridized carbons (Fsp3) is 0.364. The molecule has 0 aliphatic rings. The van der Waals surface area contributed by atoms with Gasteiger partial charge < -0.3 is 9.94 Å². The molecular formula is C11H15NO3S. The summed E-state index contributed by atoms with van der Waals surface area (Å²) in [5.41, 5.74) is 0.998. The molecule has 0 fully saturated rings. The van der Waals surface area contributed by atoms with Gasteiger partial charge in [0.25, 0.3) is 0 Å². The Bertz CT molecular complexity index is 331. The van der Waals surface area contributed by atoms with Crippen molar-refractivity contribution >= 4 is 18.6 Å². The fourth-order valence-corrected chi connectivity index (χ4v) is 1.70. The molecule has 88 valence electrons. The van der Waals surface area contributed by atoms with Crippen molar-refractivity contribution in [3.63, 3.8) is 0 Å². The van der Waals surface area contributed by atoms with E-state index in [1.807, 2.05) is 30.3 Å². The molecule has 1 rings (SSSR count). The van der Waals surface area contributed by atoms with Crippen molar-refractivity contribution < 1.29 is 14.7 Å². The maximum absolute atomic E-state index is 11.0. The summed E-state index contributed by atoms with van der Waals surface area (Å²) in [5, 5.41) is 10.4. The third kappa shape index (κ3) is 3.52. The largest absolute Gasteiger partial charge is 0.480 e. The van der Waals surface area contributed by atoms with Gasteiger partial charge >= 0.3 is 5.97 Å². The normalized spacial score (nSPS) is 12.7. The summed E-state index contributed by atoms with van der Waals surface area (Å²) in [6, 6.07) is 8.81. The van der Waals surface area contributed by atoms with Crippen molar-refractivity contribution in [3.8, 4) is 0 Å². The number of carboxylic acids is 1. The van der Waals surface area contributed by atoms with Crippen LogP contribution >= 0.6 is 12.6 Å². The summed E-state index contributed by atoms with van der Waals surface area (Å²) in [4.78, 5) is 16.0. The summed E-state index contributed by atoms with van der Waals surface area (Å²) < 4.78 is 0. The Labute approximate surface area is 100 Å². The van der Waals surface area contributed by atoms with Gasteiger partial charge in [-0.25, -0.2) is 0 Å². The highest BCUT2D eigenvalue weighted by Crippen LogP contribution is 2.09. The number of carbonyl (C=O) groups is 1. The molecule has 0 aliphatic heterocycles. The number of aliphatic carboxylic acids is 1. The molecule has 0 unspecified atom stereocenters. The Morgan fingerprint density at radius 1 is 1.50 bits per heavy atom. The lowest BCUT2D eigenvalue weighted by Gasteiger charge is -2.25. The molecule has 0 bridgehead atoms. The molecule has 1 N–H and O–H groups in total. The van der Waals surface area contributed by atoms with Crippen molar-refractivity contribution in [2.24, 2.45) is 0 Å². The minimum atomic E-state index is -0.937. The summed E-state index contributed by atoms with van der Waals surface area (Å²) in [7, 11) is 1.46. The van der Waals surface area contributed by atoms with Crippen LogP contribution in [-0.4, -0.2) is 35.0 Å². The van der Waals surface area contributed by atoms with Gasteiger partial charge in [-0.3, -0.25) is 4.79 Å². The molecule has 1 aromatic rings. The third-order valence-corrected chi connectivity index (χ3v) is 2.57. The number of hydroxylamine groups is 2. The standard InChI is InChI=1S/C11H15NO3S/c1-15-12(10(8-16)11(13)14)7-9-5-3-2-4-6-9/h2-6,10,16H,7-8H2,1H3,(H,13,14)/t10-/m1/s1. The number of carboxylic acid groups (broad SMARTS) is 1. The van der Waals surface area contributed by atoms with Gasteiger partial charge in [0.15, 0.2) is 0 Å². The smallest absolute Gasteiger partial charge is 0.324 e. The molecule has 0 aromatic heterocycles. The van der Waals surface area contributed by atoms with E-state index in [9.17, 15) is 4.79 Å². The number of rotatable bonds is 6. The number of benzene rings is 1. The minimum Gasteiger partial charge on any atom is -0.480 e. The highest BCUT2D eigenvalue weighted by atomic mass is 32.1. The van der Waals surface area contributed by atoms with Crippen LogP contribution in [0.25, 0.3) is 0 Å². The molecule has 16 heavy (non-hydrogen) atoms. The van der Waals surface area contributed by atoms with Crippen LogP contribution in [-0.2, 0) is 16.2 Å². The lowest BCUT2D eigenvalue weighted by molar-refractivity contribution is -0.184. The van der Waals surface area contributed by atoms with E-state index >= 15 is 0 Å². The van der Waals surface area contributed by atoms with Gasteiger partial charge in [0.2, 0.25) is 0 Å². The van der Waals surface area contributed by atoms with E-state index in [1.165, 1.54) is 12.2 Å². The Hall–Kier alpha value is -1.04. The van der Waals surface area contributed by atoms with Crippen LogP contribution in [0.3, 0.4) is 0 Å². The van der Waals surface area contributed by atoms with Gasteiger partial charge in [0, 0.05) is 5.75 Å². The first kappa shape index (κ1) is 13.0. The number of hydrogen-bond donors (Lipinski definition) is 2. The first-order chi connectivity index (χ1) is 7.69. The summed E-state index contributed by atoms with van der Waals surface area (Å²) in [5.74, 6) is -0.733. The predicted molar refractivity (Wildman–Crippen MR) is 64.3 cm³/mol. The van der Waals surface area contributed by atoms with Gasteiger partial charge in [-0.05, 0) is 5.56 Å². The molecule has 0 saturated carbocycles. The summed E-state index contributed by atoms with van der Waals surface area (Å²) >= 11 is 4.01. The van der Waals surface area contributed by atoms with E-state index < -0.39 is 12.0 Å². The second kappa shape index (κ2) is 6.52. The molecule has 0 spiro atoms. The second-order valence-corrected chi connectivity index (χ2v) is 3.65. The van der Waals surface area contributed by atoms with Gasteiger partial charge in [0.1, 0.15) is 6.04 Å². The van der Waals surface area contributed by atoms with Gasteiger partial charge in [-0.1, -0.05) is 30.3 Å². The first-order valence-electron chi connectivity index (χ1n) is 4.87. The van der Waals surface area contributed by atoms with Gasteiger partial charge in [-0.2, -0.15) is 17.7 Å². The maximum Gasteiger partial charge on any atom is 0.324 e. The van der Waals surface area contributed by atoms with Crippen LogP contribution in [0.5, 0.6) is 0 Å². The molecule has 0 amide bonds. The average molecular weight is 241 g/mol. The van der Waals surface area contributed by atoms with Crippen molar-refractivity contribution in [2.75, 3.05) is 12.9 Å². The summed E-state index contributed by atoms with van der Waals surface area (Å²) in [6.45, 7) is 0.425. The van der Waals surface area contributed by atoms with Crippen LogP contribution in [0, 0.1) is 0 Å². The Morgan fingerprint density at radius 3 is 2.56 bits per heavy atom. The minimum absolute atomic E-state index is 0.204. The zero-order chi connectivity index (χ0) is 12.0. The summed E-state index contributed by atoms with van der Waals surface area (Å²) in [6.07, 6.45) is 0. The van der Waals surface area contributed by atoms with E-state index in [4.69, 9.17) is 9.94 Å². The van der Waals surface area contributed by atoms with Crippen molar-refractivity contribution in [1.82, 2.24) is 5.06 Å². The second-order valence-electron chi connectivity index (χ2n) is 3.28. The Balaban J connectivity index is 2.71. The third-order valence-electron chi connectivity index (χ3n) is 2.22.